The van der Waals surface area contributed by atoms with Crippen LogP contribution in [0.4, 0.5) is 0 Å². The Labute approximate surface area is 171 Å². The van der Waals surface area contributed by atoms with E-state index < -0.39 is 22.8 Å². The predicted octanol–water partition coefficient (Wildman–Crippen LogP) is 3.96. The van der Waals surface area contributed by atoms with Gasteiger partial charge in [-0.05, 0) is 22.8 Å². The van der Waals surface area contributed by atoms with E-state index in [1.54, 1.807) is 0 Å². The van der Waals surface area contributed by atoms with Crippen molar-refractivity contribution < 1.29 is 14.6 Å². The van der Waals surface area contributed by atoms with Gasteiger partial charge in [0, 0.05) is 6.20 Å². The first-order valence-electron chi connectivity index (χ1n) is 8.86. The minimum atomic E-state index is -0.902. The highest BCUT2D eigenvalue weighted by Gasteiger charge is 2.23. The summed E-state index contributed by atoms with van der Waals surface area (Å²) in [5.41, 5.74) is 2.15. The standard InChI is InChI=1S/C22H17ClN2O4/c1-29-22(28)19-20(26)18-11-17(23)13-24(18)25(21(19)27)12-14-7-9-16(10-8-14)15-5-3-2-4-6-15/h2-11,13,26H,12H2,1H3. The van der Waals surface area contributed by atoms with Gasteiger partial charge in [-0.2, -0.15) is 0 Å². The number of carbonyl (C=O) groups excluding carboxylic acids is 1. The number of hydrogen-bond donors (Lipinski definition) is 1. The van der Waals surface area contributed by atoms with Gasteiger partial charge in [0.15, 0.2) is 11.3 Å². The lowest BCUT2D eigenvalue weighted by Crippen LogP contribution is -2.31. The molecule has 2 heterocycles. The molecule has 2 aromatic heterocycles. The molecule has 0 aliphatic rings. The van der Waals surface area contributed by atoms with Crippen molar-refractivity contribution in [2.24, 2.45) is 0 Å². The van der Waals surface area contributed by atoms with Gasteiger partial charge in [0.05, 0.1) is 18.7 Å². The third kappa shape index (κ3) is 3.39. The average Bonchev–Trinajstić information content (AvgIpc) is 3.14. The van der Waals surface area contributed by atoms with Crippen LogP contribution in [0.5, 0.6) is 5.75 Å². The molecule has 6 nitrogen and oxygen atoms in total. The fourth-order valence-corrected chi connectivity index (χ4v) is 3.49. The number of benzene rings is 2. The fraction of sp³-hybridized carbons (Fsp3) is 0.0909. The molecule has 0 aliphatic carbocycles. The largest absolute Gasteiger partial charge is 0.505 e. The highest BCUT2D eigenvalue weighted by Crippen LogP contribution is 2.26. The quantitative estimate of drug-likeness (QED) is 0.519. The Morgan fingerprint density at radius 3 is 2.38 bits per heavy atom. The van der Waals surface area contributed by atoms with Gasteiger partial charge in [-0.1, -0.05) is 66.2 Å². The van der Waals surface area contributed by atoms with E-state index in [4.69, 9.17) is 11.6 Å². The molecule has 29 heavy (non-hydrogen) atoms. The first kappa shape index (κ1) is 18.8. The van der Waals surface area contributed by atoms with Gasteiger partial charge >= 0.3 is 5.97 Å². The molecular formula is C22H17ClN2O4. The van der Waals surface area contributed by atoms with E-state index in [2.05, 4.69) is 4.74 Å². The molecule has 7 heteroatoms. The molecule has 0 aliphatic heterocycles. The molecule has 4 rings (SSSR count). The third-order valence-corrected chi connectivity index (χ3v) is 4.94. The third-order valence-electron chi connectivity index (χ3n) is 4.74. The maximum atomic E-state index is 12.9. The highest BCUT2D eigenvalue weighted by atomic mass is 35.5. The molecule has 4 aromatic rings. The zero-order chi connectivity index (χ0) is 20.5. The average molecular weight is 409 g/mol. The van der Waals surface area contributed by atoms with Crippen molar-refractivity contribution in [2.45, 2.75) is 6.54 Å². The van der Waals surface area contributed by atoms with Crippen molar-refractivity contribution >= 4 is 23.1 Å². The maximum Gasteiger partial charge on any atom is 0.347 e. The molecule has 2 aromatic carbocycles. The second-order valence-electron chi connectivity index (χ2n) is 6.53. The molecule has 0 atom stereocenters. The monoisotopic (exact) mass is 408 g/mol. The number of methoxy groups -OCH3 is 1. The number of esters is 1. The number of halogens is 1. The van der Waals surface area contributed by atoms with Crippen LogP contribution in [0, 0.1) is 0 Å². The second kappa shape index (κ2) is 7.48. The molecule has 0 saturated carbocycles. The first-order valence-corrected chi connectivity index (χ1v) is 9.23. The summed E-state index contributed by atoms with van der Waals surface area (Å²) in [7, 11) is 1.16. The van der Waals surface area contributed by atoms with E-state index in [1.807, 2.05) is 54.6 Å². The van der Waals surface area contributed by atoms with Crippen LogP contribution in [-0.4, -0.2) is 27.4 Å². The van der Waals surface area contributed by atoms with Crippen LogP contribution in [-0.2, 0) is 11.3 Å². The fourth-order valence-electron chi connectivity index (χ4n) is 3.29. The van der Waals surface area contributed by atoms with E-state index in [9.17, 15) is 14.7 Å². The Morgan fingerprint density at radius 1 is 1.07 bits per heavy atom. The van der Waals surface area contributed by atoms with Crippen LogP contribution >= 0.6 is 11.6 Å². The molecule has 146 valence electrons. The lowest BCUT2D eigenvalue weighted by Gasteiger charge is -2.14. The molecule has 0 saturated heterocycles. The van der Waals surface area contributed by atoms with Crippen LogP contribution in [0.15, 0.2) is 71.7 Å². The Balaban J connectivity index is 1.80. The second-order valence-corrected chi connectivity index (χ2v) is 6.97. The van der Waals surface area contributed by atoms with Crippen LogP contribution in [0.2, 0.25) is 5.02 Å². The minimum Gasteiger partial charge on any atom is -0.505 e. The van der Waals surface area contributed by atoms with E-state index in [1.165, 1.54) is 21.5 Å². The number of hydrogen-bond acceptors (Lipinski definition) is 4. The van der Waals surface area contributed by atoms with E-state index >= 15 is 0 Å². The van der Waals surface area contributed by atoms with Crippen molar-refractivity contribution in [1.82, 2.24) is 9.20 Å². The summed E-state index contributed by atoms with van der Waals surface area (Å²) in [6.45, 7) is 0.180. The number of carbonyl (C=O) groups is 1. The number of fused-ring (bicyclic) bond motifs is 1. The van der Waals surface area contributed by atoms with Crippen molar-refractivity contribution in [3.63, 3.8) is 0 Å². The summed E-state index contributed by atoms with van der Waals surface area (Å²) in [6.07, 6.45) is 1.51. The van der Waals surface area contributed by atoms with E-state index in [-0.39, 0.29) is 12.1 Å². The first-order chi connectivity index (χ1) is 14.0. The lowest BCUT2D eigenvalue weighted by molar-refractivity contribution is 0.0594. The molecular weight excluding hydrogens is 392 g/mol. The van der Waals surface area contributed by atoms with Gasteiger partial charge in [-0.25, -0.2) is 9.48 Å². The minimum absolute atomic E-state index is 0.180. The Kier molecular flexibility index (Phi) is 4.86. The van der Waals surface area contributed by atoms with Crippen LogP contribution in [0.25, 0.3) is 16.6 Å². The van der Waals surface area contributed by atoms with Crippen LogP contribution < -0.4 is 5.56 Å². The van der Waals surface area contributed by atoms with E-state index in [0.717, 1.165) is 23.8 Å². The molecule has 0 bridgehead atoms. The number of ether oxygens (including phenoxy) is 1. The zero-order valence-electron chi connectivity index (χ0n) is 15.5. The molecule has 0 fully saturated rings. The highest BCUT2D eigenvalue weighted by molar-refractivity contribution is 6.31. The number of aromatic nitrogens is 2. The lowest BCUT2D eigenvalue weighted by atomic mass is 10.0. The van der Waals surface area contributed by atoms with Gasteiger partial charge in [-0.15, -0.1) is 0 Å². The summed E-state index contributed by atoms with van der Waals surface area (Å²) >= 11 is 6.07. The molecule has 1 N–H and O–H groups in total. The van der Waals surface area contributed by atoms with Crippen molar-refractivity contribution in [1.29, 1.82) is 0 Å². The van der Waals surface area contributed by atoms with Crippen molar-refractivity contribution in [3.05, 3.63) is 93.4 Å². The van der Waals surface area contributed by atoms with Gasteiger partial charge in [0.1, 0.15) is 5.52 Å². The summed E-state index contributed by atoms with van der Waals surface area (Å²) in [4.78, 5) is 25.0. The van der Waals surface area contributed by atoms with Gasteiger partial charge in [-0.3, -0.25) is 9.31 Å². The van der Waals surface area contributed by atoms with Gasteiger partial charge in [0.25, 0.3) is 5.56 Å². The summed E-state index contributed by atoms with van der Waals surface area (Å²) in [5.74, 6) is -1.36. The van der Waals surface area contributed by atoms with Gasteiger partial charge < -0.3 is 9.84 Å². The molecule has 0 radical (unpaired) electrons. The maximum absolute atomic E-state index is 12.9. The Morgan fingerprint density at radius 2 is 1.72 bits per heavy atom. The van der Waals surface area contributed by atoms with Crippen LogP contribution in [0.3, 0.4) is 0 Å². The van der Waals surface area contributed by atoms with Crippen molar-refractivity contribution in [2.75, 3.05) is 7.11 Å². The Hall–Kier alpha value is -3.51. The summed E-state index contributed by atoms with van der Waals surface area (Å²) in [5, 5.41) is 10.7. The van der Waals surface area contributed by atoms with Gasteiger partial charge in [0.2, 0.25) is 0 Å². The molecule has 0 amide bonds. The molecule has 0 unspecified atom stereocenters. The number of rotatable bonds is 4. The number of aromatic hydroxyl groups is 1. The zero-order valence-corrected chi connectivity index (χ0v) is 16.3. The molecule has 0 spiro atoms. The predicted molar refractivity (Wildman–Crippen MR) is 111 cm³/mol. The van der Waals surface area contributed by atoms with Crippen molar-refractivity contribution in [3.8, 4) is 16.9 Å². The normalized spacial score (nSPS) is 11.0. The summed E-state index contributed by atoms with van der Waals surface area (Å²) in [6, 6.07) is 19.2. The smallest absolute Gasteiger partial charge is 0.347 e. The topological polar surface area (TPSA) is 72.9 Å². The summed E-state index contributed by atoms with van der Waals surface area (Å²) < 4.78 is 7.45. The Bertz CT molecular complexity index is 1260. The van der Waals surface area contributed by atoms with Crippen LogP contribution in [0.1, 0.15) is 15.9 Å². The number of nitrogens with zero attached hydrogens (tertiary/aromatic N) is 2. The van der Waals surface area contributed by atoms with E-state index in [0.29, 0.717) is 5.02 Å². The SMILES string of the molecule is COC(=O)c1c(O)c2cc(Cl)cn2n(Cc2ccc(-c3ccccc3)cc2)c1=O.